The number of aryl methyl sites for hydroxylation is 1. The summed E-state index contributed by atoms with van der Waals surface area (Å²) in [6.07, 6.45) is 0.338. The van der Waals surface area contributed by atoms with Crippen LogP contribution >= 0.6 is 11.6 Å². The number of sulfonamides is 1. The number of carbonyl (C=O) groups is 2. The van der Waals surface area contributed by atoms with Gasteiger partial charge in [-0.1, -0.05) is 62.7 Å². The number of hydrogen-bond donors (Lipinski definition) is 1. The molecular weight excluding hydrogens is 562 g/mol. The molecule has 3 aromatic carbocycles. The van der Waals surface area contributed by atoms with E-state index in [0.29, 0.717) is 35.0 Å². The number of nitrogens with zero attached hydrogens (tertiary/aromatic N) is 2. The molecule has 0 spiro atoms. The van der Waals surface area contributed by atoms with E-state index in [1.807, 2.05) is 26.8 Å². The Kier molecular flexibility index (Phi) is 11.2. The summed E-state index contributed by atoms with van der Waals surface area (Å²) in [5.74, 6) is 0.0152. The molecule has 1 atom stereocenters. The summed E-state index contributed by atoms with van der Waals surface area (Å²) in [7, 11) is -2.60. The molecule has 2 amide bonds. The van der Waals surface area contributed by atoms with Gasteiger partial charge in [-0.15, -0.1) is 0 Å². The van der Waals surface area contributed by atoms with Gasteiger partial charge in [-0.25, -0.2) is 8.42 Å². The second-order valence-corrected chi connectivity index (χ2v) is 12.5. The van der Waals surface area contributed by atoms with Gasteiger partial charge in [0.15, 0.2) is 0 Å². The average Bonchev–Trinajstić information content (AvgIpc) is 2.95. The lowest BCUT2D eigenvalue weighted by atomic mass is 10.1. The minimum atomic E-state index is -4.15. The standard InChI is InChI=1S/C31H38ClN3O5S/c1-6-28(31(37)33-19-22(2)3)34(20-24-11-10-12-26(18-24)40-5)30(36)21-35(29-16-15-25(32)17-23(29)4)41(38,39)27-13-8-7-9-14-27/h7-18,22,28H,6,19-21H2,1-5H3,(H,33,37)/t28-/m0/s1. The Labute approximate surface area is 248 Å². The first-order valence-corrected chi connectivity index (χ1v) is 15.3. The summed E-state index contributed by atoms with van der Waals surface area (Å²) < 4.78 is 34.3. The fraction of sp³-hybridized carbons (Fsp3) is 0.355. The van der Waals surface area contributed by atoms with Crippen LogP contribution in [0.5, 0.6) is 5.75 Å². The molecule has 10 heteroatoms. The fourth-order valence-electron chi connectivity index (χ4n) is 4.44. The van der Waals surface area contributed by atoms with Crippen LogP contribution in [-0.4, -0.2) is 51.4 Å². The Morgan fingerprint density at radius 2 is 1.71 bits per heavy atom. The maximum absolute atomic E-state index is 14.2. The smallest absolute Gasteiger partial charge is 0.264 e. The lowest BCUT2D eigenvalue weighted by Crippen LogP contribution is -2.52. The first-order chi connectivity index (χ1) is 19.5. The molecule has 8 nitrogen and oxygen atoms in total. The third-order valence-corrected chi connectivity index (χ3v) is 8.60. The van der Waals surface area contributed by atoms with Crippen molar-refractivity contribution in [1.29, 1.82) is 0 Å². The highest BCUT2D eigenvalue weighted by Gasteiger charge is 2.34. The van der Waals surface area contributed by atoms with Crippen molar-refractivity contribution in [2.45, 2.75) is 51.6 Å². The third-order valence-electron chi connectivity index (χ3n) is 6.60. The van der Waals surface area contributed by atoms with Crippen molar-refractivity contribution in [3.63, 3.8) is 0 Å². The lowest BCUT2D eigenvalue weighted by molar-refractivity contribution is -0.140. The van der Waals surface area contributed by atoms with Crippen LogP contribution in [0.4, 0.5) is 5.69 Å². The van der Waals surface area contributed by atoms with Crippen molar-refractivity contribution in [3.05, 3.63) is 88.9 Å². The summed E-state index contributed by atoms with van der Waals surface area (Å²) in [5.41, 5.74) is 1.66. The van der Waals surface area contributed by atoms with Gasteiger partial charge in [-0.2, -0.15) is 0 Å². The molecule has 0 aliphatic carbocycles. The van der Waals surface area contributed by atoms with E-state index >= 15 is 0 Å². The number of ether oxygens (including phenoxy) is 1. The number of carbonyl (C=O) groups excluding carboxylic acids is 2. The van der Waals surface area contributed by atoms with Gasteiger partial charge >= 0.3 is 0 Å². The van der Waals surface area contributed by atoms with Crippen molar-refractivity contribution in [2.75, 3.05) is 24.5 Å². The highest BCUT2D eigenvalue weighted by atomic mass is 35.5. The molecule has 0 saturated carbocycles. The van der Waals surface area contributed by atoms with Crippen LogP contribution < -0.4 is 14.4 Å². The van der Waals surface area contributed by atoms with Crippen LogP contribution in [0.15, 0.2) is 77.7 Å². The van der Waals surface area contributed by atoms with Crippen molar-refractivity contribution >= 4 is 39.1 Å². The normalized spacial score (nSPS) is 12.1. The van der Waals surface area contributed by atoms with E-state index in [2.05, 4.69) is 5.32 Å². The van der Waals surface area contributed by atoms with Gasteiger partial charge in [0.2, 0.25) is 11.8 Å². The van der Waals surface area contributed by atoms with E-state index < -0.39 is 28.5 Å². The third kappa shape index (κ3) is 8.24. The molecule has 220 valence electrons. The van der Waals surface area contributed by atoms with Gasteiger partial charge in [0.25, 0.3) is 10.0 Å². The molecule has 0 saturated heterocycles. The molecule has 0 aliphatic rings. The predicted octanol–water partition coefficient (Wildman–Crippen LogP) is 5.43. The number of benzene rings is 3. The SMILES string of the molecule is CC[C@@H](C(=O)NCC(C)C)N(Cc1cccc(OC)c1)C(=O)CN(c1ccc(Cl)cc1C)S(=O)(=O)c1ccccc1. The number of nitrogens with one attached hydrogen (secondary N) is 1. The van der Waals surface area contributed by atoms with Crippen LogP contribution in [0.1, 0.15) is 38.3 Å². The molecule has 1 N–H and O–H groups in total. The van der Waals surface area contributed by atoms with Gasteiger partial charge in [0.05, 0.1) is 17.7 Å². The summed E-state index contributed by atoms with van der Waals surface area (Å²) >= 11 is 6.17. The zero-order valence-electron chi connectivity index (χ0n) is 24.1. The van der Waals surface area contributed by atoms with Crippen LogP contribution in [0, 0.1) is 12.8 Å². The number of halogens is 1. The number of rotatable bonds is 13. The van der Waals surface area contributed by atoms with Gasteiger partial charge in [0.1, 0.15) is 18.3 Å². The van der Waals surface area contributed by atoms with Gasteiger partial charge < -0.3 is 15.0 Å². The summed E-state index contributed by atoms with van der Waals surface area (Å²) in [6, 6.07) is 19.2. The minimum absolute atomic E-state index is 0.0446. The van der Waals surface area contributed by atoms with Crippen LogP contribution in [0.25, 0.3) is 0 Å². The topological polar surface area (TPSA) is 96.0 Å². The molecule has 0 aliphatic heterocycles. The second-order valence-electron chi connectivity index (χ2n) is 10.2. The molecule has 3 aromatic rings. The van der Waals surface area contributed by atoms with E-state index in [-0.39, 0.29) is 23.3 Å². The molecular formula is C31H38ClN3O5S. The quantitative estimate of drug-likeness (QED) is 0.283. The number of anilines is 1. The van der Waals surface area contributed by atoms with Crippen LogP contribution in [-0.2, 0) is 26.2 Å². The maximum Gasteiger partial charge on any atom is 0.264 e. The predicted molar refractivity (Wildman–Crippen MR) is 163 cm³/mol. The fourth-order valence-corrected chi connectivity index (χ4v) is 6.17. The molecule has 3 rings (SSSR count). The Hall–Kier alpha value is -3.56. The summed E-state index contributed by atoms with van der Waals surface area (Å²) in [6.45, 7) is 7.56. The zero-order chi connectivity index (χ0) is 30.2. The average molecular weight is 600 g/mol. The molecule has 0 fully saturated rings. The van der Waals surface area contributed by atoms with Gasteiger partial charge in [0, 0.05) is 18.1 Å². The molecule has 0 bridgehead atoms. The van der Waals surface area contributed by atoms with Crippen molar-refractivity contribution in [3.8, 4) is 5.75 Å². The Bertz CT molecular complexity index is 1450. The first kappa shape index (κ1) is 32.0. The zero-order valence-corrected chi connectivity index (χ0v) is 25.7. The number of methoxy groups -OCH3 is 1. The first-order valence-electron chi connectivity index (χ1n) is 13.5. The van der Waals surface area contributed by atoms with Gasteiger partial charge in [-0.05, 0) is 72.9 Å². The highest BCUT2D eigenvalue weighted by Crippen LogP contribution is 2.29. The minimum Gasteiger partial charge on any atom is -0.497 e. The van der Waals surface area contributed by atoms with E-state index in [1.165, 1.54) is 17.0 Å². The summed E-state index contributed by atoms with van der Waals surface area (Å²) in [4.78, 5) is 29.0. The second kappa shape index (κ2) is 14.4. The molecule has 0 radical (unpaired) electrons. The molecule has 0 aromatic heterocycles. The Morgan fingerprint density at radius 3 is 2.32 bits per heavy atom. The molecule has 0 unspecified atom stereocenters. The molecule has 41 heavy (non-hydrogen) atoms. The van der Waals surface area contributed by atoms with Crippen molar-refractivity contribution in [2.24, 2.45) is 5.92 Å². The van der Waals surface area contributed by atoms with Crippen molar-refractivity contribution < 1.29 is 22.7 Å². The lowest BCUT2D eigenvalue weighted by Gasteiger charge is -2.33. The number of hydrogen-bond acceptors (Lipinski definition) is 5. The van der Waals surface area contributed by atoms with Gasteiger partial charge in [-0.3, -0.25) is 13.9 Å². The van der Waals surface area contributed by atoms with E-state index in [1.54, 1.807) is 68.6 Å². The monoisotopic (exact) mass is 599 g/mol. The Morgan fingerprint density at radius 1 is 1.00 bits per heavy atom. The van der Waals surface area contributed by atoms with Crippen molar-refractivity contribution in [1.82, 2.24) is 10.2 Å². The van der Waals surface area contributed by atoms with Crippen LogP contribution in [0.3, 0.4) is 0 Å². The van der Waals surface area contributed by atoms with Crippen LogP contribution in [0.2, 0.25) is 5.02 Å². The number of amides is 2. The van der Waals surface area contributed by atoms with E-state index in [0.717, 1.165) is 9.87 Å². The molecule has 0 heterocycles. The maximum atomic E-state index is 14.2. The Balaban J connectivity index is 2.08. The highest BCUT2D eigenvalue weighted by molar-refractivity contribution is 7.92. The van der Waals surface area contributed by atoms with E-state index in [9.17, 15) is 18.0 Å². The van der Waals surface area contributed by atoms with E-state index in [4.69, 9.17) is 16.3 Å². The summed E-state index contributed by atoms with van der Waals surface area (Å²) in [5, 5.41) is 3.38. The largest absolute Gasteiger partial charge is 0.497 e.